The minimum Gasteiger partial charge on any atom is -0.294 e. The van der Waals surface area contributed by atoms with Crippen molar-refractivity contribution in [3.8, 4) is 0 Å². The van der Waals surface area contributed by atoms with Gasteiger partial charge >= 0.3 is 0 Å². The number of fused-ring (bicyclic) bond motifs is 2. The lowest BCUT2D eigenvalue weighted by Crippen LogP contribution is -2.69. The fraction of sp³-hybridized carbons (Fsp3) is 0.389. The van der Waals surface area contributed by atoms with Crippen molar-refractivity contribution in [2.24, 2.45) is 0 Å². The molecule has 138 valence electrons. The first-order valence-corrected chi connectivity index (χ1v) is 10.7. The van der Waals surface area contributed by atoms with Gasteiger partial charge in [0.25, 0.3) is 0 Å². The summed E-state index contributed by atoms with van der Waals surface area (Å²) in [5.41, 5.74) is 2.01. The molecule has 0 radical (unpaired) electrons. The molecule has 2 unspecified atom stereocenters. The van der Waals surface area contributed by atoms with Gasteiger partial charge in [-0.1, -0.05) is 29.3 Å². The van der Waals surface area contributed by atoms with Crippen LogP contribution >= 0.6 is 23.2 Å². The van der Waals surface area contributed by atoms with Crippen molar-refractivity contribution in [1.29, 1.82) is 0 Å². The summed E-state index contributed by atoms with van der Waals surface area (Å²) in [5, 5.41) is 0.655. The van der Waals surface area contributed by atoms with Crippen LogP contribution in [-0.4, -0.2) is 47.8 Å². The Morgan fingerprint density at radius 1 is 1.12 bits per heavy atom. The van der Waals surface area contributed by atoms with Crippen molar-refractivity contribution >= 4 is 33.2 Å². The molecule has 5 rings (SSSR count). The lowest BCUT2D eigenvalue weighted by molar-refractivity contribution is -0.0108. The Morgan fingerprint density at radius 3 is 2.38 bits per heavy atom. The minimum absolute atomic E-state index is 0.0127. The maximum absolute atomic E-state index is 13.0. The molecule has 0 aliphatic carbocycles. The van der Waals surface area contributed by atoms with Crippen LogP contribution in [0.25, 0.3) is 0 Å². The predicted molar refractivity (Wildman–Crippen MR) is 102 cm³/mol. The van der Waals surface area contributed by atoms with Crippen molar-refractivity contribution in [1.82, 2.24) is 14.2 Å². The van der Waals surface area contributed by atoms with Gasteiger partial charge in [0.15, 0.2) is 0 Å². The fourth-order valence-corrected chi connectivity index (χ4v) is 6.44. The highest BCUT2D eigenvalue weighted by atomic mass is 35.5. The van der Waals surface area contributed by atoms with Gasteiger partial charge in [-0.05, 0) is 43.7 Å². The van der Waals surface area contributed by atoms with Gasteiger partial charge in [-0.3, -0.25) is 9.88 Å². The number of sulfonamides is 1. The monoisotopic (exact) mass is 411 g/mol. The summed E-state index contributed by atoms with van der Waals surface area (Å²) in [6, 6.07) is 10.4. The Labute approximate surface area is 163 Å². The number of aryl methyl sites for hydroxylation is 1. The fourth-order valence-electron chi connectivity index (χ4n) is 3.90. The third-order valence-electron chi connectivity index (χ3n) is 4.94. The standard InChI is InChI=1S/C18H19Cl2N3O2S/c1-12-3-2-4-15(21-12)9-22-10-16-8-17(11-22)23(16)26(24,25)18-6-13(19)5-14(20)7-18/h2-7,16-17H,8-11H2,1H3. The van der Waals surface area contributed by atoms with Crippen LogP contribution in [0.15, 0.2) is 41.3 Å². The molecule has 0 amide bonds. The van der Waals surface area contributed by atoms with E-state index in [1.165, 1.54) is 18.2 Å². The number of aromatic nitrogens is 1. The molecule has 5 nitrogen and oxygen atoms in total. The molecule has 2 bridgehead atoms. The number of hydrogen-bond acceptors (Lipinski definition) is 4. The van der Waals surface area contributed by atoms with Gasteiger partial charge in [-0.15, -0.1) is 0 Å². The molecule has 3 aliphatic rings. The molecule has 0 N–H and O–H groups in total. The second kappa shape index (κ2) is 6.77. The molecule has 1 aromatic heterocycles. The van der Waals surface area contributed by atoms with Crippen LogP contribution in [0.5, 0.6) is 0 Å². The lowest BCUT2D eigenvalue weighted by Gasteiger charge is -2.55. The van der Waals surface area contributed by atoms with Crippen LogP contribution in [-0.2, 0) is 16.6 Å². The molecule has 4 heterocycles. The zero-order chi connectivity index (χ0) is 18.5. The zero-order valence-electron chi connectivity index (χ0n) is 14.3. The largest absolute Gasteiger partial charge is 0.294 e. The van der Waals surface area contributed by atoms with E-state index in [2.05, 4.69) is 9.88 Å². The Balaban J connectivity index is 1.50. The summed E-state index contributed by atoms with van der Waals surface area (Å²) in [6.45, 7) is 4.13. The number of nitrogens with zero attached hydrogens (tertiary/aromatic N) is 3. The molecule has 26 heavy (non-hydrogen) atoms. The van der Waals surface area contributed by atoms with Gasteiger partial charge < -0.3 is 0 Å². The summed E-state index contributed by atoms with van der Waals surface area (Å²) in [5.74, 6) is 0. The van der Waals surface area contributed by atoms with Gasteiger partial charge in [0.2, 0.25) is 10.0 Å². The quantitative estimate of drug-likeness (QED) is 0.773. The highest BCUT2D eigenvalue weighted by Crippen LogP contribution is 2.38. The van der Waals surface area contributed by atoms with E-state index in [1.807, 2.05) is 25.1 Å². The maximum atomic E-state index is 13.0. The number of rotatable bonds is 4. The van der Waals surface area contributed by atoms with E-state index < -0.39 is 10.0 Å². The first-order chi connectivity index (χ1) is 12.3. The average Bonchev–Trinajstić information content (AvgIpc) is 2.53. The third-order valence-corrected chi connectivity index (χ3v) is 7.36. The summed E-state index contributed by atoms with van der Waals surface area (Å²) in [7, 11) is -3.59. The molecule has 3 aliphatic heterocycles. The number of piperazine rings is 1. The molecule has 2 aromatic rings. The van der Waals surface area contributed by atoms with E-state index in [4.69, 9.17) is 23.2 Å². The Morgan fingerprint density at radius 2 is 1.77 bits per heavy atom. The van der Waals surface area contributed by atoms with Gasteiger partial charge in [-0.25, -0.2) is 8.42 Å². The van der Waals surface area contributed by atoms with Gasteiger partial charge in [0, 0.05) is 47.5 Å². The predicted octanol–water partition coefficient (Wildman–Crippen LogP) is 3.34. The molecule has 1 aromatic carbocycles. The SMILES string of the molecule is Cc1cccc(CN2CC3CC(C2)N3S(=O)(=O)c2cc(Cl)cc(Cl)c2)n1. The molecule has 0 spiro atoms. The van der Waals surface area contributed by atoms with Gasteiger partial charge in [-0.2, -0.15) is 4.31 Å². The number of halogens is 2. The molecule has 2 atom stereocenters. The molecule has 3 fully saturated rings. The second-order valence-corrected chi connectivity index (χ2v) is 9.66. The van der Waals surface area contributed by atoms with E-state index >= 15 is 0 Å². The summed E-state index contributed by atoms with van der Waals surface area (Å²) in [6.07, 6.45) is 0.894. The van der Waals surface area contributed by atoms with Crippen molar-refractivity contribution in [2.45, 2.75) is 36.9 Å². The first kappa shape index (κ1) is 18.2. The number of hydrogen-bond donors (Lipinski definition) is 0. The Kier molecular flexibility index (Phi) is 4.73. The van der Waals surface area contributed by atoms with Crippen LogP contribution in [0, 0.1) is 6.92 Å². The van der Waals surface area contributed by atoms with E-state index in [-0.39, 0.29) is 17.0 Å². The molecule has 0 saturated carbocycles. The highest BCUT2D eigenvalue weighted by molar-refractivity contribution is 7.89. The number of piperidine rings is 1. The zero-order valence-corrected chi connectivity index (χ0v) is 16.6. The van der Waals surface area contributed by atoms with Crippen molar-refractivity contribution in [2.75, 3.05) is 13.1 Å². The van der Waals surface area contributed by atoms with Gasteiger partial charge in [0.1, 0.15) is 0 Å². The number of pyridine rings is 1. The normalized spacial score (nSPS) is 23.7. The molecule has 8 heteroatoms. The van der Waals surface area contributed by atoms with E-state index in [9.17, 15) is 8.42 Å². The highest BCUT2D eigenvalue weighted by Gasteiger charge is 2.51. The summed E-state index contributed by atoms with van der Waals surface area (Å²) >= 11 is 12.0. The van der Waals surface area contributed by atoms with Crippen molar-refractivity contribution in [3.05, 3.63) is 57.8 Å². The van der Waals surface area contributed by atoms with Crippen LogP contribution < -0.4 is 0 Å². The van der Waals surface area contributed by atoms with E-state index in [0.717, 1.165) is 24.4 Å². The Bertz CT molecular complexity index is 919. The van der Waals surface area contributed by atoms with E-state index in [1.54, 1.807) is 4.31 Å². The third kappa shape index (κ3) is 3.37. The minimum atomic E-state index is -3.59. The van der Waals surface area contributed by atoms with Crippen LogP contribution in [0.4, 0.5) is 0 Å². The molecular formula is C18H19Cl2N3O2S. The summed E-state index contributed by atoms with van der Waals surface area (Å²) < 4.78 is 27.7. The van der Waals surface area contributed by atoms with Crippen LogP contribution in [0.1, 0.15) is 17.8 Å². The second-order valence-electron chi connectivity index (χ2n) is 6.95. The van der Waals surface area contributed by atoms with Crippen molar-refractivity contribution < 1.29 is 8.42 Å². The summed E-state index contributed by atoms with van der Waals surface area (Å²) in [4.78, 5) is 6.98. The molecular weight excluding hydrogens is 393 g/mol. The van der Waals surface area contributed by atoms with Crippen LogP contribution in [0.3, 0.4) is 0 Å². The van der Waals surface area contributed by atoms with Crippen molar-refractivity contribution in [3.63, 3.8) is 0 Å². The maximum Gasteiger partial charge on any atom is 0.243 e. The Hall–Kier alpha value is -1.18. The molecule has 3 saturated heterocycles. The van der Waals surface area contributed by atoms with E-state index in [0.29, 0.717) is 23.1 Å². The average molecular weight is 412 g/mol. The smallest absolute Gasteiger partial charge is 0.243 e. The first-order valence-electron chi connectivity index (χ1n) is 8.47. The van der Waals surface area contributed by atoms with Crippen LogP contribution in [0.2, 0.25) is 10.0 Å². The number of benzene rings is 1. The van der Waals surface area contributed by atoms with Gasteiger partial charge in [0.05, 0.1) is 10.6 Å². The lowest BCUT2D eigenvalue weighted by atomic mass is 9.91. The topological polar surface area (TPSA) is 53.5 Å².